The van der Waals surface area contributed by atoms with Crippen molar-refractivity contribution in [3.8, 4) is 11.5 Å². The van der Waals surface area contributed by atoms with Gasteiger partial charge in [-0.2, -0.15) is 4.98 Å². The number of hydrogen-bond acceptors (Lipinski definition) is 6. The minimum atomic E-state index is 0.520. The first-order valence-electron chi connectivity index (χ1n) is 9.33. The SMILES string of the molecule is COc1ccc(CNc2nccc(NC3CCCCCC3)n2)cc1OC. The van der Waals surface area contributed by atoms with Crippen LogP contribution in [0.5, 0.6) is 11.5 Å². The lowest BCUT2D eigenvalue weighted by atomic mass is 10.1. The van der Waals surface area contributed by atoms with Gasteiger partial charge in [-0.3, -0.25) is 0 Å². The quantitative estimate of drug-likeness (QED) is 0.723. The maximum atomic E-state index is 5.35. The molecule has 0 aliphatic heterocycles. The third-order valence-electron chi connectivity index (χ3n) is 4.76. The number of benzene rings is 1. The van der Waals surface area contributed by atoms with E-state index < -0.39 is 0 Å². The van der Waals surface area contributed by atoms with E-state index in [4.69, 9.17) is 9.47 Å². The van der Waals surface area contributed by atoms with Gasteiger partial charge in [0.05, 0.1) is 14.2 Å². The topological polar surface area (TPSA) is 68.3 Å². The normalized spacial score (nSPS) is 15.2. The average molecular weight is 356 g/mol. The summed E-state index contributed by atoms with van der Waals surface area (Å²) in [6, 6.07) is 8.32. The Morgan fingerprint density at radius 3 is 2.50 bits per heavy atom. The van der Waals surface area contributed by atoms with E-state index in [9.17, 15) is 0 Å². The third kappa shape index (κ3) is 5.00. The van der Waals surface area contributed by atoms with Crippen molar-refractivity contribution in [2.75, 3.05) is 24.9 Å². The van der Waals surface area contributed by atoms with Crippen LogP contribution in [0.25, 0.3) is 0 Å². The second-order valence-electron chi connectivity index (χ2n) is 6.64. The minimum Gasteiger partial charge on any atom is -0.493 e. The highest BCUT2D eigenvalue weighted by molar-refractivity contribution is 5.45. The number of anilines is 2. The molecular weight excluding hydrogens is 328 g/mol. The van der Waals surface area contributed by atoms with Crippen LogP contribution in [-0.2, 0) is 6.54 Å². The number of methoxy groups -OCH3 is 2. The zero-order valence-electron chi connectivity index (χ0n) is 15.6. The smallest absolute Gasteiger partial charge is 0.224 e. The van der Waals surface area contributed by atoms with E-state index in [1.54, 1.807) is 20.4 Å². The second-order valence-corrected chi connectivity index (χ2v) is 6.64. The molecule has 6 heteroatoms. The van der Waals surface area contributed by atoms with Gasteiger partial charge in [0.1, 0.15) is 5.82 Å². The van der Waals surface area contributed by atoms with Gasteiger partial charge in [0.15, 0.2) is 11.5 Å². The van der Waals surface area contributed by atoms with Crippen molar-refractivity contribution in [1.82, 2.24) is 9.97 Å². The molecule has 26 heavy (non-hydrogen) atoms. The number of aromatic nitrogens is 2. The van der Waals surface area contributed by atoms with Gasteiger partial charge in [0.2, 0.25) is 5.95 Å². The highest BCUT2D eigenvalue weighted by Crippen LogP contribution is 2.27. The monoisotopic (exact) mass is 356 g/mol. The van der Waals surface area contributed by atoms with Crippen molar-refractivity contribution in [2.45, 2.75) is 51.1 Å². The number of rotatable bonds is 7. The van der Waals surface area contributed by atoms with Crippen LogP contribution in [0, 0.1) is 0 Å². The Kier molecular flexibility index (Phi) is 6.52. The number of nitrogens with zero attached hydrogens (tertiary/aromatic N) is 2. The number of hydrogen-bond donors (Lipinski definition) is 2. The van der Waals surface area contributed by atoms with Crippen LogP contribution < -0.4 is 20.1 Å². The Morgan fingerprint density at radius 1 is 1.00 bits per heavy atom. The zero-order valence-corrected chi connectivity index (χ0v) is 15.6. The van der Waals surface area contributed by atoms with Crippen LogP contribution in [0.4, 0.5) is 11.8 Å². The van der Waals surface area contributed by atoms with Gasteiger partial charge >= 0.3 is 0 Å². The Morgan fingerprint density at radius 2 is 1.77 bits per heavy atom. The van der Waals surface area contributed by atoms with E-state index >= 15 is 0 Å². The molecule has 1 saturated carbocycles. The van der Waals surface area contributed by atoms with Crippen molar-refractivity contribution in [3.05, 3.63) is 36.0 Å². The summed E-state index contributed by atoms with van der Waals surface area (Å²) in [5.74, 6) is 2.96. The first-order valence-corrected chi connectivity index (χ1v) is 9.33. The standard InChI is InChI=1S/C20H28N4O2/c1-25-17-10-9-15(13-18(17)26-2)14-22-20-21-12-11-19(24-20)23-16-7-5-3-4-6-8-16/h9-13,16H,3-8,14H2,1-2H3,(H2,21,22,23,24). The highest BCUT2D eigenvalue weighted by Gasteiger charge is 2.12. The maximum absolute atomic E-state index is 5.35. The van der Waals surface area contributed by atoms with Crippen molar-refractivity contribution >= 4 is 11.8 Å². The summed E-state index contributed by atoms with van der Waals surface area (Å²) in [6.07, 6.45) is 9.53. The Bertz CT molecular complexity index is 700. The molecule has 0 unspecified atom stereocenters. The summed E-state index contributed by atoms with van der Waals surface area (Å²) >= 11 is 0. The van der Waals surface area contributed by atoms with Crippen LogP contribution in [0.2, 0.25) is 0 Å². The molecular formula is C20H28N4O2. The van der Waals surface area contributed by atoms with Crippen LogP contribution in [0.15, 0.2) is 30.5 Å². The van der Waals surface area contributed by atoms with E-state index in [2.05, 4.69) is 20.6 Å². The maximum Gasteiger partial charge on any atom is 0.224 e. The van der Waals surface area contributed by atoms with Crippen molar-refractivity contribution in [3.63, 3.8) is 0 Å². The fraction of sp³-hybridized carbons (Fsp3) is 0.500. The molecule has 0 saturated heterocycles. The molecule has 1 aromatic heterocycles. The highest BCUT2D eigenvalue weighted by atomic mass is 16.5. The fourth-order valence-corrected chi connectivity index (χ4v) is 3.33. The summed E-state index contributed by atoms with van der Waals surface area (Å²) in [7, 11) is 3.28. The predicted octanol–water partition coefficient (Wildman–Crippen LogP) is 4.24. The van der Waals surface area contributed by atoms with Crippen molar-refractivity contribution in [2.24, 2.45) is 0 Å². The van der Waals surface area contributed by atoms with Crippen molar-refractivity contribution < 1.29 is 9.47 Å². The molecule has 140 valence electrons. The number of nitrogens with one attached hydrogen (secondary N) is 2. The lowest BCUT2D eigenvalue weighted by Gasteiger charge is -2.17. The average Bonchev–Trinajstić information content (AvgIpc) is 2.95. The molecule has 1 aliphatic carbocycles. The first-order chi connectivity index (χ1) is 12.8. The zero-order chi connectivity index (χ0) is 18.2. The second kappa shape index (κ2) is 9.27. The van der Waals surface area contributed by atoms with E-state index in [0.29, 0.717) is 18.5 Å². The molecule has 0 radical (unpaired) electrons. The van der Waals surface area contributed by atoms with Gasteiger partial charge in [-0.1, -0.05) is 31.7 Å². The summed E-state index contributed by atoms with van der Waals surface area (Å²) in [5.41, 5.74) is 1.08. The van der Waals surface area contributed by atoms with E-state index in [1.807, 2.05) is 24.3 Å². The van der Waals surface area contributed by atoms with Gasteiger partial charge in [-0.05, 0) is 36.6 Å². The molecule has 1 fully saturated rings. The molecule has 0 amide bonds. The lowest BCUT2D eigenvalue weighted by Crippen LogP contribution is -2.19. The van der Waals surface area contributed by atoms with Crippen LogP contribution >= 0.6 is 0 Å². The molecule has 2 N–H and O–H groups in total. The Labute approximate surface area is 155 Å². The minimum absolute atomic E-state index is 0.520. The molecule has 0 bridgehead atoms. The van der Waals surface area contributed by atoms with E-state index in [1.165, 1.54) is 38.5 Å². The van der Waals surface area contributed by atoms with Gasteiger partial charge in [-0.15, -0.1) is 0 Å². The third-order valence-corrected chi connectivity index (χ3v) is 4.76. The van der Waals surface area contributed by atoms with Gasteiger partial charge in [0, 0.05) is 18.8 Å². The Balaban J connectivity index is 1.60. The molecule has 2 aromatic rings. The fourth-order valence-electron chi connectivity index (χ4n) is 3.33. The largest absolute Gasteiger partial charge is 0.493 e. The lowest BCUT2D eigenvalue weighted by molar-refractivity contribution is 0.354. The summed E-state index contributed by atoms with van der Waals surface area (Å²) in [6.45, 7) is 0.618. The van der Waals surface area contributed by atoms with Crippen LogP contribution in [0.3, 0.4) is 0 Å². The van der Waals surface area contributed by atoms with Gasteiger partial charge in [-0.25, -0.2) is 4.98 Å². The van der Waals surface area contributed by atoms with Crippen LogP contribution in [-0.4, -0.2) is 30.2 Å². The molecule has 0 spiro atoms. The van der Waals surface area contributed by atoms with Crippen molar-refractivity contribution in [1.29, 1.82) is 0 Å². The molecule has 1 aromatic carbocycles. The molecule has 3 rings (SSSR count). The Hall–Kier alpha value is -2.50. The summed E-state index contributed by atoms with van der Waals surface area (Å²) < 4.78 is 10.6. The van der Waals surface area contributed by atoms with Gasteiger partial charge < -0.3 is 20.1 Å². The summed E-state index contributed by atoms with van der Waals surface area (Å²) in [4.78, 5) is 8.92. The summed E-state index contributed by atoms with van der Waals surface area (Å²) in [5, 5.41) is 6.85. The number of ether oxygens (including phenoxy) is 2. The molecule has 1 heterocycles. The van der Waals surface area contributed by atoms with E-state index in [-0.39, 0.29) is 0 Å². The van der Waals surface area contributed by atoms with E-state index in [0.717, 1.165) is 22.9 Å². The molecule has 1 aliphatic rings. The van der Waals surface area contributed by atoms with Gasteiger partial charge in [0.25, 0.3) is 0 Å². The van der Waals surface area contributed by atoms with Crippen LogP contribution in [0.1, 0.15) is 44.1 Å². The first kappa shape index (κ1) is 18.3. The predicted molar refractivity (Wildman–Crippen MR) is 104 cm³/mol. The molecule has 6 nitrogen and oxygen atoms in total. The molecule has 0 atom stereocenters.